The van der Waals surface area contributed by atoms with Gasteiger partial charge in [0.1, 0.15) is 13.2 Å². The molecule has 114 valence electrons. The molecule has 6 nitrogen and oxygen atoms in total. The van der Waals surface area contributed by atoms with E-state index in [-0.39, 0.29) is 12.5 Å². The van der Waals surface area contributed by atoms with Crippen LogP contribution >= 0.6 is 11.6 Å². The van der Waals surface area contributed by atoms with Crippen molar-refractivity contribution in [2.24, 2.45) is 5.92 Å². The average Bonchev–Trinajstić information content (AvgIpc) is 2.46. The van der Waals surface area contributed by atoms with E-state index in [0.29, 0.717) is 41.7 Å². The van der Waals surface area contributed by atoms with Crippen molar-refractivity contribution < 1.29 is 24.2 Å². The number of fused-ring (bicyclic) bond motifs is 1. The van der Waals surface area contributed by atoms with Crippen LogP contribution in [-0.2, 0) is 4.79 Å². The van der Waals surface area contributed by atoms with E-state index in [1.807, 2.05) is 0 Å². The molecule has 1 aliphatic heterocycles. The first kappa shape index (κ1) is 15.4. The lowest BCUT2D eigenvalue weighted by Gasteiger charge is -2.20. The molecule has 0 aliphatic carbocycles. The normalized spacial score (nSPS) is 14.4. The third-order valence-corrected chi connectivity index (χ3v) is 3.42. The molecular formula is C14H16ClNO5. The van der Waals surface area contributed by atoms with Crippen molar-refractivity contribution >= 4 is 23.5 Å². The molecule has 0 aromatic heterocycles. The van der Waals surface area contributed by atoms with Crippen molar-refractivity contribution in [1.82, 2.24) is 5.32 Å². The van der Waals surface area contributed by atoms with Gasteiger partial charge in [-0.05, 0) is 18.6 Å². The number of carboxylic acid groups (broad SMARTS) is 1. The average molecular weight is 314 g/mol. The molecule has 2 rings (SSSR count). The minimum Gasteiger partial charge on any atom is -0.486 e. The number of aliphatic carboxylic acids is 1. The van der Waals surface area contributed by atoms with E-state index in [9.17, 15) is 9.59 Å². The summed E-state index contributed by atoms with van der Waals surface area (Å²) < 4.78 is 10.8. The van der Waals surface area contributed by atoms with Gasteiger partial charge in [0.05, 0.1) is 10.9 Å². The Hall–Kier alpha value is -1.95. The van der Waals surface area contributed by atoms with Gasteiger partial charge in [-0.2, -0.15) is 0 Å². The number of rotatable bonds is 5. The molecule has 1 aromatic rings. The summed E-state index contributed by atoms with van der Waals surface area (Å²) in [4.78, 5) is 22.7. The zero-order chi connectivity index (χ0) is 15.4. The molecule has 1 unspecified atom stereocenters. The fraction of sp³-hybridized carbons (Fsp3) is 0.429. The Morgan fingerprint density at radius 3 is 2.81 bits per heavy atom. The molecule has 0 bridgehead atoms. The molecule has 0 spiro atoms. The smallest absolute Gasteiger partial charge is 0.306 e. The number of ether oxygens (including phenoxy) is 2. The van der Waals surface area contributed by atoms with Gasteiger partial charge in [0.15, 0.2) is 11.5 Å². The van der Waals surface area contributed by atoms with Crippen molar-refractivity contribution in [2.45, 2.75) is 13.3 Å². The van der Waals surface area contributed by atoms with Crippen LogP contribution in [0.2, 0.25) is 5.02 Å². The van der Waals surface area contributed by atoms with Crippen LogP contribution in [0, 0.1) is 5.92 Å². The molecule has 0 saturated heterocycles. The first-order valence-electron chi connectivity index (χ1n) is 6.59. The number of carboxylic acids is 1. The molecule has 1 amide bonds. The molecule has 1 aromatic carbocycles. The number of halogens is 1. The van der Waals surface area contributed by atoms with E-state index in [2.05, 4.69) is 5.32 Å². The molecule has 0 saturated carbocycles. The number of hydrogen-bond acceptors (Lipinski definition) is 4. The van der Waals surface area contributed by atoms with Gasteiger partial charge in [-0.15, -0.1) is 0 Å². The molecule has 1 atom stereocenters. The number of amides is 1. The Kier molecular flexibility index (Phi) is 4.90. The van der Waals surface area contributed by atoms with Gasteiger partial charge in [-0.3, -0.25) is 9.59 Å². The Bertz CT molecular complexity index is 561. The monoisotopic (exact) mass is 313 g/mol. The second kappa shape index (κ2) is 6.67. The van der Waals surface area contributed by atoms with Crippen LogP contribution in [0.3, 0.4) is 0 Å². The maximum absolute atomic E-state index is 12.0. The second-order valence-electron chi connectivity index (χ2n) is 4.77. The summed E-state index contributed by atoms with van der Waals surface area (Å²) in [6.07, 6.45) is 0.360. The Labute approximate surface area is 127 Å². The molecule has 21 heavy (non-hydrogen) atoms. The number of carbonyl (C=O) groups is 2. The van der Waals surface area contributed by atoms with E-state index in [1.165, 1.54) is 6.07 Å². The maximum atomic E-state index is 12.0. The van der Waals surface area contributed by atoms with E-state index in [1.54, 1.807) is 13.0 Å². The van der Waals surface area contributed by atoms with Gasteiger partial charge in [0.2, 0.25) is 0 Å². The van der Waals surface area contributed by atoms with Crippen LogP contribution in [0.5, 0.6) is 11.5 Å². The van der Waals surface area contributed by atoms with Crippen molar-refractivity contribution in [2.75, 3.05) is 19.8 Å². The second-order valence-corrected chi connectivity index (χ2v) is 5.17. The SMILES string of the molecule is CC(CCNC(=O)c1cc(Cl)c2c(c1)OCCO2)C(=O)O. The zero-order valence-corrected chi connectivity index (χ0v) is 12.3. The minimum absolute atomic E-state index is 0.276. The van der Waals surface area contributed by atoms with Gasteiger partial charge in [-0.25, -0.2) is 0 Å². The summed E-state index contributed by atoms with van der Waals surface area (Å²) in [7, 11) is 0. The van der Waals surface area contributed by atoms with E-state index >= 15 is 0 Å². The van der Waals surface area contributed by atoms with E-state index in [4.69, 9.17) is 26.2 Å². The summed E-state index contributed by atoms with van der Waals surface area (Å²) in [5.74, 6) is -0.830. The summed E-state index contributed by atoms with van der Waals surface area (Å²) in [5, 5.41) is 11.7. The van der Waals surface area contributed by atoms with Gasteiger partial charge in [-0.1, -0.05) is 18.5 Å². The van der Waals surface area contributed by atoms with Crippen molar-refractivity contribution in [3.8, 4) is 11.5 Å². The third kappa shape index (κ3) is 3.78. The molecule has 1 aliphatic rings. The van der Waals surface area contributed by atoms with Crippen LogP contribution in [0.4, 0.5) is 0 Å². The van der Waals surface area contributed by atoms with Gasteiger partial charge < -0.3 is 19.9 Å². The minimum atomic E-state index is -0.883. The number of benzene rings is 1. The number of hydrogen-bond donors (Lipinski definition) is 2. The first-order valence-corrected chi connectivity index (χ1v) is 6.97. The van der Waals surface area contributed by atoms with Crippen LogP contribution in [0.25, 0.3) is 0 Å². The van der Waals surface area contributed by atoms with Crippen LogP contribution < -0.4 is 14.8 Å². The number of carbonyl (C=O) groups excluding carboxylic acids is 1. The largest absolute Gasteiger partial charge is 0.486 e. The van der Waals surface area contributed by atoms with E-state index in [0.717, 1.165) is 0 Å². The van der Waals surface area contributed by atoms with Crippen molar-refractivity contribution in [1.29, 1.82) is 0 Å². The van der Waals surface area contributed by atoms with Crippen molar-refractivity contribution in [3.63, 3.8) is 0 Å². The standard InChI is InChI=1S/C14H16ClNO5/c1-8(14(18)19)2-3-16-13(17)9-6-10(15)12-11(7-9)20-4-5-21-12/h6-8H,2-5H2,1H3,(H,16,17)(H,18,19). The molecule has 0 fully saturated rings. The lowest BCUT2D eigenvalue weighted by atomic mass is 10.1. The Morgan fingerprint density at radius 2 is 2.10 bits per heavy atom. The molecule has 7 heteroatoms. The lowest BCUT2D eigenvalue weighted by Crippen LogP contribution is -2.27. The van der Waals surface area contributed by atoms with Crippen LogP contribution in [0.15, 0.2) is 12.1 Å². The fourth-order valence-electron chi connectivity index (χ4n) is 1.87. The van der Waals surface area contributed by atoms with Gasteiger partial charge in [0.25, 0.3) is 5.91 Å². The zero-order valence-electron chi connectivity index (χ0n) is 11.5. The van der Waals surface area contributed by atoms with Gasteiger partial charge in [0, 0.05) is 12.1 Å². The number of nitrogens with one attached hydrogen (secondary N) is 1. The van der Waals surface area contributed by atoms with Gasteiger partial charge >= 0.3 is 5.97 Å². The predicted molar refractivity (Wildman–Crippen MR) is 76.2 cm³/mol. The highest BCUT2D eigenvalue weighted by atomic mass is 35.5. The lowest BCUT2D eigenvalue weighted by molar-refractivity contribution is -0.141. The summed E-state index contributed by atoms with van der Waals surface area (Å²) in [5.41, 5.74) is 0.354. The highest BCUT2D eigenvalue weighted by Crippen LogP contribution is 2.38. The topological polar surface area (TPSA) is 84.9 Å². The predicted octanol–water partition coefficient (Wildman–Crippen LogP) is 1.95. The molecule has 2 N–H and O–H groups in total. The summed E-state index contributed by atoms with van der Waals surface area (Å²) >= 11 is 6.05. The fourth-order valence-corrected chi connectivity index (χ4v) is 2.13. The quantitative estimate of drug-likeness (QED) is 0.868. The van der Waals surface area contributed by atoms with Crippen LogP contribution in [-0.4, -0.2) is 36.7 Å². The third-order valence-electron chi connectivity index (χ3n) is 3.14. The Balaban J connectivity index is 2.00. The molecular weight excluding hydrogens is 298 g/mol. The summed E-state index contributed by atoms with van der Waals surface area (Å²) in [6.45, 7) is 2.70. The van der Waals surface area contributed by atoms with Crippen molar-refractivity contribution in [3.05, 3.63) is 22.7 Å². The maximum Gasteiger partial charge on any atom is 0.306 e. The summed E-state index contributed by atoms with van der Waals surface area (Å²) in [6, 6.07) is 3.07. The first-order chi connectivity index (χ1) is 9.99. The highest BCUT2D eigenvalue weighted by molar-refractivity contribution is 6.32. The van der Waals surface area contributed by atoms with Crippen LogP contribution in [0.1, 0.15) is 23.7 Å². The van der Waals surface area contributed by atoms with E-state index < -0.39 is 11.9 Å². The highest BCUT2D eigenvalue weighted by Gasteiger charge is 2.19. The Morgan fingerprint density at radius 1 is 1.38 bits per heavy atom. The molecule has 1 heterocycles. The molecule has 0 radical (unpaired) electrons.